The zero-order valence-corrected chi connectivity index (χ0v) is 16.7. The fourth-order valence-corrected chi connectivity index (χ4v) is 4.25. The van der Waals surface area contributed by atoms with Crippen LogP contribution in [0.15, 0.2) is 53.3 Å². The van der Waals surface area contributed by atoms with Crippen LogP contribution in [0, 0.1) is 13.8 Å². The van der Waals surface area contributed by atoms with Gasteiger partial charge in [0.25, 0.3) is 0 Å². The molecule has 2 aromatic heterocycles. The van der Waals surface area contributed by atoms with E-state index in [1.54, 1.807) is 11.3 Å². The number of thiophene rings is 1. The van der Waals surface area contributed by atoms with E-state index in [-0.39, 0.29) is 12.1 Å². The third-order valence-electron chi connectivity index (χ3n) is 4.13. The van der Waals surface area contributed by atoms with Crippen LogP contribution < -0.4 is 10.6 Å². The van der Waals surface area contributed by atoms with E-state index >= 15 is 0 Å². The summed E-state index contributed by atoms with van der Waals surface area (Å²) in [5, 5.41) is 7.07. The van der Waals surface area contributed by atoms with E-state index in [2.05, 4.69) is 45.0 Å². The maximum absolute atomic E-state index is 12.4. The quantitative estimate of drug-likeness (QED) is 0.553. The number of carbonyl (C=O) groups excluding carboxylic acids is 1. The highest BCUT2D eigenvalue weighted by molar-refractivity contribution is 9.10. The first kappa shape index (κ1) is 17.8. The molecular formula is C19H20BrN3OS. The molecule has 1 aromatic carbocycles. The van der Waals surface area contributed by atoms with Gasteiger partial charge in [0.05, 0.1) is 6.04 Å². The molecule has 3 rings (SSSR count). The molecule has 2 amide bonds. The van der Waals surface area contributed by atoms with E-state index in [0.717, 1.165) is 20.7 Å². The minimum absolute atomic E-state index is 0.0993. The Morgan fingerprint density at radius 2 is 1.80 bits per heavy atom. The summed E-state index contributed by atoms with van der Waals surface area (Å²) in [5.74, 6) is 0. The fourth-order valence-electron chi connectivity index (χ4n) is 2.77. The number of rotatable bonds is 4. The molecule has 2 heterocycles. The number of nitrogens with one attached hydrogen (secondary N) is 2. The summed E-state index contributed by atoms with van der Waals surface area (Å²) in [4.78, 5) is 13.6. The predicted octanol–water partition coefficient (Wildman–Crippen LogP) is 5.80. The van der Waals surface area contributed by atoms with Crippen LogP contribution in [-0.4, -0.2) is 10.6 Å². The van der Waals surface area contributed by atoms with Crippen LogP contribution in [0.3, 0.4) is 0 Å². The number of anilines is 1. The van der Waals surface area contributed by atoms with Crippen molar-refractivity contribution in [2.45, 2.75) is 26.8 Å². The Kier molecular flexibility index (Phi) is 5.30. The number of hydrogen-bond donors (Lipinski definition) is 2. The fraction of sp³-hybridized carbons (Fsp3) is 0.211. The second-order valence-electron chi connectivity index (χ2n) is 5.92. The lowest BCUT2D eigenvalue weighted by Crippen LogP contribution is -2.31. The van der Waals surface area contributed by atoms with Gasteiger partial charge in [-0.2, -0.15) is 0 Å². The van der Waals surface area contributed by atoms with E-state index in [1.807, 2.05) is 55.7 Å². The van der Waals surface area contributed by atoms with Gasteiger partial charge in [0.15, 0.2) is 0 Å². The van der Waals surface area contributed by atoms with Gasteiger partial charge in [0, 0.05) is 33.0 Å². The summed E-state index contributed by atoms with van der Waals surface area (Å²) in [6.07, 6.45) is 4.06. The normalized spacial score (nSPS) is 12.0. The molecule has 25 heavy (non-hydrogen) atoms. The van der Waals surface area contributed by atoms with Gasteiger partial charge in [-0.1, -0.05) is 15.9 Å². The number of halogens is 1. The number of carbonyl (C=O) groups is 1. The molecule has 0 unspecified atom stereocenters. The smallest absolute Gasteiger partial charge is 0.319 e. The predicted molar refractivity (Wildman–Crippen MR) is 108 cm³/mol. The summed E-state index contributed by atoms with van der Waals surface area (Å²) >= 11 is 5.14. The lowest BCUT2D eigenvalue weighted by Gasteiger charge is -2.17. The molecule has 0 saturated carbocycles. The number of amides is 2. The highest BCUT2D eigenvalue weighted by Gasteiger charge is 2.20. The molecule has 3 aromatic rings. The van der Waals surface area contributed by atoms with E-state index in [4.69, 9.17) is 0 Å². The summed E-state index contributed by atoms with van der Waals surface area (Å²) in [5.41, 5.74) is 3.14. The Hall–Kier alpha value is -2.05. The van der Waals surface area contributed by atoms with E-state index in [9.17, 15) is 4.79 Å². The largest absolute Gasteiger partial charge is 0.331 e. The third kappa shape index (κ3) is 3.96. The molecule has 1 atom stereocenters. The van der Waals surface area contributed by atoms with Crippen molar-refractivity contribution in [3.05, 3.63) is 69.3 Å². The standard InChI is InChI=1S/C19H20BrN3OS/c1-12-14(3)25-18(23-10-4-5-11-23)17(12)13(2)21-19(24)22-16-8-6-15(20)7-9-16/h4-11,13H,1-3H3,(H2,21,22,24)/t13-/m0/s1. The highest BCUT2D eigenvalue weighted by atomic mass is 79.9. The van der Waals surface area contributed by atoms with Gasteiger partial charge in [0.1, 0.15) is 5.00 Å². The second kappa shape index (κ2) is 7.45. The van der Waals surface area contributed by atoms with E-state index in [1.165, 1.54) is 10.4 Å². The second-order valence-corrected chi connectivity index (χ2v) is 8.04. The third-order valence-corrected chi connectivity index (χ3v) is 5.90. The van der Waals surface area contributed by atoms with Crippen molar-refractivity contribution >= 4 is 39.0 Å². The molecule has 0 aliphatic carbocycles. The summed E-state index contributed by atoms with van der Waals surface area (Å²) in [6, 6.07) is 11.2. The number of hydrogen-bond acceptors (Lipinski definition) is 2. The van der Waals surface area contributed by atoms with Crippen molar-refractivity contribution in [1.82, 2.24) is 9.88 Å². The lowest BCUT2D eigenvalue weighted by molar-refractivity contribution is 0.249. The molecule has 0 aliphatic heterocycles. The molecule has 6 heteroatoms. The topological polar surface area (TPSA) is 46.1 Å². The molecule has 0 aliphatic rings. The number of aromatic nitrogens is 1. The average molecular weight is 418 g/mol. The van der Waals surface area contributed by atoms with Gasteiger partial charge in [-0.25, -0.2) is 4.79 Å². The minimum atomic E-state index is -0.212. The van der Waals surface area contributed by atoms with Crippen molar-refractivity contribution in [1.29, 1.82) is 0 Å². The first-order valence-electron chi connectivity index (χ1n) is 8.02. The maximum Gasteiger partial charge on any atom is 0.319 e. The SMILES string of the molecule is Cc1sc(-n2cccc2)c([C@H](C)NC(=O)Nc2ccc(Br)cc2)c1C. The molecule has 0 radical (unpaired) electrons. The molecule has 2 N–H and O–H groups in total. The van der Waals surface area contributed by atoms with Gasteiger partial charge in [-0.05, 0) is 62.7 Å². The average Bonchev–Trinajstić information content (AvgIpc) is 3.18. The Bertz CT molecular complexity index is 869. The van der Waals surface area contributed by atoms with Crippen molar-refractivity contribution in [2.24, 2.45) is 0 Å². The molecule has 0 saturated heterocycles. The molecular weight excluding hydrogens is 398 g/mol. The van der Waals surface area contributed by atoms with E-state index < -0.39 is 0 Å². The van der Waals surface area contributed by atoms with E-state index in [0.29, 0.717) is 0 Å². The first-order chi connectivity index (χ1) is 12.0. The van der Waals surface area contributed by atoms with Gasteiger partial charge in [0.2, 0.25) is 0 Å². The first-order valence-corrected chi connectivity index (χ1v) is 9.63. The van der Waals surface area contributed by atoms with Crippen molar-refractivity contribution in [3.63, 3.8) is 0 Å². The Morgan fingerprint density at radius 3 is 2.44 bits per heavy atom. The minimum Gasteiger partial charge on any atom is -0.331 e. The Labute approximate surface area is 160 Å². The molecule has 0 bridgehead atoms. The number of nitrogens with zero attached hydrogens (tertiary/aromatic N) is 1. The zero-order chi connectivity index (χ0) is 18.0. The Balaban J connectivity index is 1.78. The van der Waals surface area contributed by atoms with Crippen LogP contribution >= 0.6 is 27.3 Å². The molecule has 0 fully saturated rings. The van der Waals surface area contributed by atoms with Gasteiger partial charge >= 0.3 is 6.03 Å². The highest BCUT2D eigenvalue weighted by Crippen LogP contribution is 2.35. The van der Waals surface area contributed by atoms with Crippen LogP contribution in [0.2, 0.25) is 0 Å². The molecule has 4 nitrogen and oxygen atoms in total. The summed E-state index contributed by atoms with van der Waals surface area (Å²) < 4.78 is 3.08. The van der Waals surface area contributed by atoms with Crippen LogP contribution in [0.5, 0.6) is 0 Å². The van der Waals surface area contributed by atoms with Crippen LogP contribution in [0.25, 0.3) is 5.00 Å². The van der Waals surface area contributed by atoms with Crippen LogP contribution in [0.1, 0.15) is 29.0 Å². The van der Waals surface area contributed by atoms with Gasteiger partial charge in [-0.15, -0.1) is 11.3 Å². The van der Waals surface area contributed by atoms with Crippen molar-refractivity contribution in [3.8, 4) is 5.00 Å². The lowest BCUT2D eigenvalue weighted by atomic mass is 10.1. The Morgan fingerprint density at radius 1 is 1.16 bits per heavy atom. The molecule has 0 spiro atoms. The number of aryl methyl sites for hydroxylation is 1. The maximum atomic E-state index is 12.4. The number of benzene rings is 1. The monoisotopic (exact) mass is 417 g/mol. The van der Waals surface area contributed by atoms with Crippen molar-refractivity contribution in [2.75, 3.05) is 5.32 Å². The van der Waals surface area contributed by atoms with Gasteiger partial charge < -0.3 is 15.2 Å². The zero-order valence-electron chi connectivity index (χ0n) is 14.3. The summed E-state index contributed by atoms with van der Waals surface area (Å²) in [7, 11) is 0. The van der Waals surface area contributed by atoms with Crippen molar-refractivity contribution < 1.29 is 4.79 Å². The van der Waals surface area contributed by atoms with Crippen LogP contribution in [0.4, 0.5) is 10.5 Å². The van der Waals surface area contributed by atoms with Gasteiger partial charge in [-0.3, -0.25) is 0 Å². The molecule has 130 valence electrons. The van der Waals surface area contributed by atoms with Crippen LogP contribution in [-0.2, 0) is 0 Å². The summed E-state index contributed by atoms with van der Waals surface area (Å²) in [6.45, 7) is 6.24. The number of urea groups is 1.